The third-order valence-electron chi connectivity index (χ3n) is 4.60. The third kappa shape index (κ3) is 6.64. The average molecular weight is 421 g/mol. The first-order valence-electron chi connectivity index (χ1n) is 10.2. The number of methoxy groups -OCH3 is 1. The van der Waals surface area contributed by atoms with E-state index in [0.717, 1.165) is 23.4 Å². The average Bonchev–Trinajstić information content (AvgIpc) is 3.33. The second kappa shape index (κ2) is 11.4. The Morgan fingerprint density at radius 2 is 1.87 bits per heavy atom. The fraction of sp³-hybridized carbons (Fsp3) is 0.250. The SMILES string of the molecule is CCNC(=NCc1cccc(C(=O)NCc2ccco2)c1)NCc1ccccc1OC. The lowest BCUT2D eigenvalue weighted by Gasteiger charge is -2.13. The van der Waals surface area contributed by atoms with Gasteiger partial charge in [-0.05, 0) is 42.8 Å². The molecule has 0 saturated heterocycles. The van der Waals surface area contributed by atoms with Crippen LogP contribution in [0.5, 0.6) is 5.75 Å². The first kappa shape index (κ1) is 22.0. The van der Waals surface area contributed by atoms with E-state index in [-0.39, 0.29) is 5.91 Å². The maximum atomic E-state index is 12.4. The van der Waals surface area contributed by atoms with Crippen molar-refractivity contribution in [2.24, 2.45) is 4.99 Å². The van der Waals surface area contributed by atoms with Crippen LogP contribution < -0.4 is 20.7 Å². The van der Waals surface area contributed by atoms with Crippen molar-refractivity contribution in [1.29, 1.82) is 0 Å². The zero-order chi connectivity index (χ0) is 21.9. The zero-order valence-electron chi connectivity index (χ0n) is 17.9. The van der Waals surface area contributed by atoms with E-state index in [0.29, 0.717) is 36.9 Å². The first-order valence-corrected chi connectivity index (χ1v) is 10.2. The molecule has 0 fully saturated rings. The monoisotopic (exact) mass is 420 g/mol. The third-order valence-corrected chi connectivity index (χ3v) is 4.60. The minimum Gasteiger partial charge on any atom is -0.496 e. The van der Waals surface area contributed by atoms with Crippen LogP contribution in [0.3, 0.4) is 0 Å². The fourth-order valence-electron chi connectivity index (χ4n) is 3.03. The molecule has 0 spiro atoms. The highest BCUT2D eigenvalue weighted by Crippen LogP contribution is 2.16. The van der Waals surface area contributed by atoms with Gasteiger partial charge in [0.05, 0.1) is 26.5 Å². The van der Waals surface area contributed by atoms with E-state index in [1.54, 1.807) is 25.5 Å². The quantitative estimate of drug-likeness (QED) is 0.364. The van der Waals surface area contributed by atoms with Crippen molar-refractivity contribution in [2.45, 2.75) is 26.6 Å². The smallest absolute Gasteiger partial charge is 0.251 e. The summed E-state index contributed by atoms with van der Waals surface area (Å²) >= 11 is 0. The van der Waals surface area contributed by atoms with E-state index in [4.69, 9.17) is 9.15 Å². The van der Waals surface area contributed by atoms with Crippen molar-refractivity contribution in [3.63, 3.8) is 0 Å². The predicted octanol–water partition coefficient (Wildman–Crippen LogP) is 3.47. The number of amides is 1. The summed E-state index contributed by atoms with van der Waals surface area (Å²) < 4.78 is 10.6. The molecular weight excluding hydrogens is 392 g/mol. The lowest BCUT2D eigenvalue weighted by molar-refractivity contribution is 0.0948. The van der Waals surface area contributed by atoms with Gasteiger partial charge in [0, 0.05) is 24.2 Å². The molecule has 0 aliphatic carbocycles. The maximum absolute atomic E-state index is 12.4. The van der Waals surface area contributed by atoms with Crippen LogP contribution in [0.2, 0.25) is 0 Å². The van der Waals surface area contributed by atoms with Crippen LogP contribution in [-0.2, 0) is 19.6 Å². The largest absolute Gasteiger partial charge is 0.496 e. The Kier molecular flexibility index (Phi) is 8.11. The van der Waals surface area contributed by atoms with Crippen molar-refractivity contribution in [3.05, 3.63) is 89.4 Å². The van der Waals surface area contributed by atoms with Crippen LogP contribution in [0.25, 0.3) is 0 Å². The number of nitrogens with one attached hydrogen (secondary N) is 3. The molecule has 0 aliphatic rings. The number of benzene rings is 2. The van der Waals surface area contributed by atoms with E-state index in [1.165, 1.54) is 0 Å². The Hall–Kier alpha value is -3.74. The van der Waals surface area contributed by atoms with Gasteiger partial charge in [-0.25, -0.2) is 4.99 Å². The van der Waals surface area contributed by atoms with Gasteiger partial charge in [0.25, 0.3) is 5.91 Å². The molecule has 162 valence electrons. The molecule has 1 heterocycles. The van der Waals surface area contributed by atoms with Gasteiger partial charge in [-0.2, -0.15) is 0 Å². The second-order valence-electron chi connectivity index (χ2n) is 6.82. The summed E-state index contributed by atoms with van der Waals surface area (Å²) in [7, 11) is 1.66. The molecule has 0 saturated carbocycles. The Labute approximate surface area is 182 Å². The van der Waals surface area contributed by atoms with Gasteiger partial charge in [0.2, 0.25) is 0 Å². The minimum absolute atomic E-state index is 0.150. The molecule has 3 aromatic rings. The van der Waals surface area contributed by atoms with Crippen molar-refractivity contribution in [2.75, 3.05) is 13.7 Å². The van der Waals surface area contributed by atoms with Crippen molar-refractivity contribution in [1.82, 2.24) is 16.0 Å². The number of aliphatic imine (C=N–C) groups is 1. The molecule has 0 atom stereocenters. The van der Waals surface area contributed by atoms with Crippen LogP contribution in [0, 0.1) is 0 Å². The predicted molar refractivity (Wildman–Crippen MR) is 121 cm³/mol. The number of rotatable bonds is 9. The van der Waals surface area contributed by atoms with Gasteiger partial charge < -0.3 is 25.1 Å². The molecule has 3 N–H and O–H groups in total. The van der Waals surface area contributed by atoms with Crippen molar-refractivity contribution < 1.29 is 13.9 Å². The summed E-state index contributed by atoms with van der Waals surface area (Å²) in [4.78, 5) is 17.1. The molecule has 0 radical (unpaired) electrons. The number of carbonyl (C=O) groups excluding carboxylic acids is 1. The van der Waals surface area contributed by atoms with E-state index in [9.17, 15) is 4.79 Å². The standard InChI is InChI=1S/C24H28N4O3/c1-3-25-24(28-16-20-9-4-5-12-22(20)30-2)27-15-18-8-6-10-19(14-18)23(29)26-17-21-11-7-13-31-21/h4-14H,3,15-17H2,1-2H3,(H,26,29)(H2,25,27,28). The molecule has 1 amide bonds. The molecule has 3 rings (SSSR count). The molecule has 2 aromatic carbocycles. The molecule has 7 heteroatoms. The highest BCUT2D eigenvalue weighted by atomic mass is 16.5. The lowest BCUT2D eigenvalue weighted by Crippen LogP contribution is -2.36. The van der Waals surface area contributed by atoms with E-state index in [2.05, 4.69) is 20.9 Å². The molecule has 1 aromatic heterocycles. The Balaban J connectivity index is 1.61. The van der Waals surface area contributed by atoms with Crippen LogP contribution in [0.15, 0.2) is 76.3 Å². The van der Waals surface area contributed by atoms with Gasteiger partial charge in [-0.15, -0.1) is 0 Å². The second-order valence-corrected chi connectivity index (χ2v) is 6.82. The Morgan fingerprint density at radius 3 is 2.65 bits per heavy atom. The first-order chi connectivity index (χ1) is 15.2. The van der Waals surface area contributed by atoms with E-state index >= 15 is 0 Å². The van der Waals surface area contributed by atoms with Crippen LogP contribution >= 0.6 is 0 Å². The van der Waals surface area contributed by atoms with Crippen LogP contribution in [-0.4, -0.2) is 25.5 Å². The van der Waals surface area contributed by atoms with Crippen LogP contribution in [0.4, 0.5) is 0 Å². The van der Waals surface area contributed by atoms with Crippen molar-refractivity contribution >= 4 is 11.9 Å². The summed E-state index contributed by atoms with van der Waals surface area (Å²) in [5, 5.41) is 9.42. The summed E-state index contributed by atoms with van der Waals surface area (Å²) in [6, 6.07) is 18.9. The number of furan rings is 1. The maximum Gasteiger partial charge on any atom is 0.251 e. The lowest BCUT2D eigenvalue weighted by atomic mass is 10.1. The van der Waals surface area contributed by atoms with Crippen LogP contribution in [0.1, 0.15) is 34.2 Å². The molecule has 0 bridgehead atoms. The summed E-state index contributed by atoms with van der Waals surface area (Å²) in [6.45, 7) is 4.15. The Morgan fingerprint density at radius 1 is 1.00 bits per heavy atom. The number of guanidine groups is 1. The molecular formula is C24H28N4O3. The topological polar surface area (TPSA) is 87.9 Å². The van der Waals surface area contributed by atoms with Gasteiger partial charge in [0.15, 0.2) is 5.96 Å². The minimum atomic E-state index is -0.150. The molecule has 31 heavy (non-hydrogen) atoms. The summed E-state index contributed by atoms with van der Waals surface area (Å²) in [5.41, 5.74) is 2.58. The zero-order valence-corrected chi connectivity index (χ0v) is 17.9. The number of hydrogen-bond donors (Lipinski definition) is 3. The number of para-hydroxylation sites is 1. The molecule has 0 unspecified atom stereocenters. The number of hydrogen-bond acceptors (Lipinski definition) is 4. The normalized spacial score (nSPS) is 11.1. The Bertz CT molecular complexity index is 1000. The summed E-state index contributed by atoms with van der Waals surface area (Å²) in [6.07, 6.45) is 1.59. The van der Waals surface area contributed by atoms with E-state index < -0.39 is 0 Å². The van der Waals surface area contributed by atoms with E-state index in [1.807, 2.05) is 55.5 Å². The van der Waals surface area contributed by atoms with Crippen molar-refractivity contribution in [3.8, 4) is 5.75 Å². The van der Waals surface area contributed by atoms with Gasteiger partial charge in [0.1, 0.15) is 11.5 Å². The molecule has 7 nitrogen and oxygen atoms in total. The number of ether oxygens (including phenoxy) is 1. The highest BCUT2D eigenvalue weighted by molar-refractivity contribution is 5.94. The van der Waals surface area contributed by atoms with Gasteiger partial charge in [-0.3, -0.25) is 4.79 Å². The summed E-state index contributed by atoms with van der Waals surface area (Å²) in [5.74, 6) is 2.09. The van der Waals surface area contributed by atoms with Gasteiger partial charge >= 0.3 is 0 Å². The number of carbonyl (C=O) groups is 1. The van der Waals surface area contributed by atoms with Gasteiger partial charge in [-0.1, -0.05) is 30.3 Å². The fourth-order valence-corrected chi connectivity index (χ4v) is 3.03. The number of nitrogens with zero attached hydrogens (tertiary/aromatic N) is 1. The molecule has 0 aliphatic heterocycles. The highest BCUT2D eigenvalue weighted by Gasteiger charge is 2.08.